The Balaban J connectivity index is 1.49. The van der Waals surface area contributed by atoms with Gasteiger partial charge in [-0.05, 0) is 51.3 Å². The van der Waals surface area contributed by atoms with E-state index in [0.29, 0.717) is 41.1 Å². The van der Waals surface area contributed by atoms with Crippen LogP contribution in [0, 0.1) is 5.92 Å². The lowest BCUT2D eigenvalue weighted by Gasteiger charge is -2.41. The SMILES string of the molecule is CCOC(=O)CN1CCC(CN2CC[C@H](NC(=O)c3cc(Cl)c(N)cc3OC)[C@H](OC)C2)CC1. The second-order valence-electron chi connectivity index (χ2n) is 9.00. The van der Waals surface area contributed by atoms with Crippen molar-refractivity contribution in [3.63, 3.8) is 0 Å². The highest BCUT2D eigenvalue weighted by Gasteiger charge is 2.33. The number of anilines is 1. The molecule has 2 atom stereocenters. The minimum absolute atomic E-state index is 0.110. The summed E-state index contributed by atoms with van der Waals surface area (Å²) in [6.07, 6.45) is 2.80. The van der Waals surface area contributed by atoms with Crippen molar-refractivity contribution < 1.29 is 23.8 Å². The molecule has 2 aliphatic heterocycles. The number of piperidine rings is 2. The van der Waals surface area contributed by atoms with Gasteiger partial charge < -0.3 is 30.2 Å². The molecular formula is C24H37ClN4O5. The van der Waals surface area contributed by atoms with E-state index in [0.717, 1.165) is 52.0 Å². The van der Waals surface area contributed by atoms with Crippen LogP contribution in [-0.2, 0) is 14.3 Å². The molecule has 9 nitrogen and oxygen atoms in total. The third kappa shape index (κ3) is 6.97. The number of nitrogens with two attached hydrogens (primary N) is 1. The highest BCUT2D eigenvalue weighted by Crippen LogP contribution is 2.29. The van der Waals surface area contributed by atoms with Gasteiger partial charge in [0.1, 0.15) is 5.75 Å². The Morgan fingerprint density at radius 1 is 1.15 bits per heavy atom. The fraction of sp³-hybridized carbons (Fsp3) is 0.667. The van der Waals surface area contributed by atoms with Gasteiger partial charge in [-0.25, -0.2) is 0 Å². The number of amides is 1. The van der Waals surface area contributed by atoms with E-state index in [-0.39, 0.29) is 24.0 Å². The number of hydrogen-bond donors (Lipinski definition) is 2. The van der Waals surface area contributed by atoms with Crippen molar-refractivity contribution in [3.8, 4) is 5.75 Å². The molecule has 0 aliphatic carbocycles. The number of likely N-dealkylation sites (tertiary alicyclic amines) is 2. The molecule has 1 amide bonds. The Kier molecular flexibility index (Phi) is 9.82. The summed E-state index contributed by atoms with van der Waals surface area (Å²) in [5.41, 5.74) is 6.55. The molecule has 190 valence electrons. The van der Waals surface area contributed by atoms with Crippen molar-refractivity contribution in [1.29, 1.82) is 0 Å². The van der Waals surface area contributed by atoms with Gasteiger partial charge >= 0.3 is 5.97 Å². The van der Waals surface area contributed by atoms with Crippen molar-refractivity contribution in [3.05, 3.63) is 22.7 Å². The molecule has 0 radical (unpaired) electrons. The van der Waals surface area contributed by atoms with Gasteiger partial charge in [0, 0.05) is 32.8 Å². The van der Waals surface area contributed by atoms with E-state index >= 15 is 0 Å². The van der Waals surface area contributed by atoms with E-state index in [4.69, 9.17) is 31.5 Å². The van der Waals surface area contributed by atoms with Gasteiger partial charge in [0.25, 0.3) is 5.91 Å². The average molecular weight is 497 g/mol. The van der Waals surface area contributed by atoms with Gasteiger partial charge in [0.2, 0.25) is 0 Å². The van der Waals surface area contributed by atoms with Crippen LogP contribution in [0.3, 0.4) is 0 Å². The van der Waals surface area contributed by atoms with Gasteiger partial charge in [-0.2, -0.15) is 0 Å². The molecule has 0 spiro atoms. The average Bonchev–Trinajstić information content (AvgIpc) is 2.82. The zero-order valence-electron chi connectivity index (χ0n) is 20.3. The van der Waals surface area contributed by atoms with Crippen LogP contribution in [0.1, 0.15) is 36.5 Å². The van der Waals surface area contributed by atoms with Crippen LogP contribution in [0.25, 0.3) is 0 Å². The molecule has 1 aromatic carbocycles. The third-order valence-corrected chi connectivity index (χ3v) is 7.03. The minimum Gasteiger partial charge on any atom is -0.496 e. The van der Waals surface area contributed by atoms with Crippen LogP contribution in [0.2, 0.25) is 5.02 Å². The monoisotopic (exact) mass is 496 g/mol. The third-order valence-electron chi connectivity index (χ3n) is 6.71. The van der Waals surface area contributed by atoms with E-state index in [1.54, 1.807) is 13.2 Å². The molecule has 0 unspecified atom stereocenters. The lowest BCUT2D eigenvalue weighted by Crippen LogP contribution is -2.55. The van der Waals surface area contributed by atoms with Crippen molar-refractivity contribution in [2.45, 2.75) is 38.3 Å². The summed E-state index contributed by atoms with van der Waals surface area (Å²) in [7, 11) is 3.18. The highest BCUT2D eigenvalue weighted by molar-refractivity contribution is 6.33. The van der Waals surface area contributed by atoms with E-state index in [9.17, 15) is 9.59 Å². The van der Waals surface area contributed by atoms with E-state index in [1.165, 1.54) is 13.2 Å². The fourth-order valence-corrected chi connectivity index (χ4v) is 4.96. The summed E-state index contributed by atoms with van der Waals surface area (Å²) in [6, 6.07) is 2.99. The number of carbonyl (C=O) groups excluding carboxylic acids is 2. The van der Waals surface area contributed by atoms with E-state index < -0.39 is 0 Å². The standard InChI is InChI=1S/C24H37ClN4O5/c1-4-34-23(30)15-28-8-5-16(6-9-28)13-29-10-7-20(22(14-29)33-3)27-24(31)17-11-18(25)19(26)12-21(17)32-2/h11-12,16,20,22H,4-10,13-15,26H2,1-3H3,(H,27,31)/t20-,22+/m0/s1. The Morgan fingerprint density at radius 2 is 1.85 bits per heavy atom. The first kappa shape index (κ1) is 26.5. The molecule has 10 heteroatoms. The molecule has 3 rings (SSSR count). The Bertz CT molecular complexity index is 847. The lowest BCUT2D eigenvalue weighted by atomic mass is 9.94. The maximum absolute atomic E-state index is 13.0. The van der Waals surface area contributed by atoms with Crippen molar-refractivity contribution in [2.75, 3.05) is 65.8 Å². The number of methoxy groups -OCH3 is 2. The van der Waals surface area contributed by atoms with Crippen molar-refractivity contribution in [1.82, 2.24) is 15.1 Å². The number of esters is 1. The van der Waals surface area contributed by atoms with Gasteiger partial charge in [-0.15, -0.1) is 0 Å². The summed E-state index contributed by atoms with van der Waals surface area (Å²) in [6.45, 7) is 7.09. The Hall–Kier alpha value is -2.07. The zero-order valence-corrected chi connectivity index (χ0v) is 21.1. The largest absolute Gasteiger partial charge is 0.496 e. The van der Waals surface area contributed by atoms with Crippen LogP contribution in [-0.4, -0.2) is 93.9 Å². The molecule has 2 saturated heterocycles. The predicted molar refractivity (Wildman–Crippen MR) is 131 cm³/mol. The normalized spacial score (nSPS) is 22.4. The number of carbonyl (C=O) groups is 2. The summed E-state index contributed by atoms with van der Waals surface area (Å²) >= 11 is 6.13. The zero-order chi connectivity index (χ0) is 24.7. The first-order valence-electron chi connectivity index (χ1n) is 11.9. The quantitative estimate of drug-likeness (QED) is 0.395. The number of ether oxygens (including phenoxy) is 3. The molecule has 0 bridgehead atoms. The molecular weight excluding hydrogens is 460 g/mol. The number of nitrogens with zero attached hydrogens (tertiary/aromatic N) is 2. The maximum atomic E-state index is 13.0. The van der Waals surface area contributed by atoms with Crippen LogP contribution in [0.4, 0.5) is 5.69 Å². The minimum atomic E-state index is -0.256. The van der Waals surface area contributed by atoms with Crippen LogP contribution < -0.4 is 15.8 Å². The van der Waals surface area contributed by atoms with Crippen LogP contribution >= 0.6 is 11.6 Å². The summed E-state index contributed by atoms with van der Waals surface area (Å²) in [5, 5.41) is 3.41. The molecule has 2 heterocycles. The second kappa shape index (κ2) is 12.6. The first-order valence-corrected chi connectivity index (χ1v) is 12.3. The van der Waals surface area contributed by atoms with E-state index in [2.05, 4.69) is 15.1 Å². The molecule has 0 saturated carbocycles. The molecule has 2 aliphatic rings. The summed E-state index contributed by atoms with van der Waals surface area (Å²) < 4.78 is 16.1. The number of nitrogens with one attached hydrogen (secondary N) is 1. The molecule has 34 heavy (non-hydrogen) atoms. The van der Waals surface area contributed by atoms with E-state index in [1.807, 2.05) is 6.92 Å². The first-order chi connectivity index (χ1) is 16.3. The number of benzene rings is 1. The predicted octanol–water partition coefficient (Wildman–Crippen LogP) is 2.03. The number of nitrogen functional groups attached to an aromatic ring is 1. The molecule has 2 fully saturated rings. The molecule has 3 N–H and O–H groups in total. The Labute approximate surface area is 206 Å². The lowest BCUT2D eigenvalue weighted by molar-refractivity contribution is -0.144. The van der Waals surface area contributed by atoms with Gasteiger partial charge in [-0.3, -0.25) is 14.5 Å². The van der Waals surface area contributed by atoms with Crippen molar-refractivity contribution in [2.24, 2.45) is 5.92 Å². The summed E-state index contributed by atoms with van der Waals surface area (Å²) in [4.78, 5) is 29.3. The van der Waals surface area contributed by atoms with Crippen LogP contribution in [0.5, 0.6) is 5.75 Å². The van der Waals surface area contributed by atoms with Gasteiger partial charge in [0.05, 0.1) is 48.7 Å². The summed E-state index contributed by atoms with van der Waals surface area (Å²) in [5.74, 6) is 0.573. The molecule has 0 aromatic heterocycles. The number of rotatable bonds is 9. The smallest absolute Gasteiger partial charge is 0.320 e. The second-order valence-corrected chi connectivity index (χ2v) is 9.41. The number of halogens is 1. The Morgan fingerprint density at radius 3 is 2.50 bits per heavy atom. The maximum Gasteiger partial charge on any atom is 0.320 e. The van der Waals surface area contributed by atoms with Gasteiger partial charge in [0.15, 0.2) is 0 Å². The number of hydrogen-bond acceptors (Lipinski definition) is 8. The van der Waals surface area contributed by atoms with Crippen LogP contribution in [0.15, 0.2) is 12.1 Å². The van der Waals surface area contributed by atoms with Crippen molar-refractivity contribution >= 4 is 29.2 Å². The molecule has 1 aromatic rings. The highest BCUT2D eigenvalue weighted by atomic mass is 35.5. The topological polar surface area (TPSA) is 106 Å². The fourth-order valence-electron chi connectivity index (χ4n) is 4.79. The van der Waals surface area contributed by atoms with Gasteiger partial charge in [-0.1, -0.05) is 11.6 Å².